The molecule has 2 unspecified atom stereocenters. The minimum Gasteiger partial charge on any atom is -0.595 e. The summed E-state index contributed by atoms with van der Waals surface area (Å²) in [5, 5.41) is 20.7. The van der Waals surface area contributed by atoms with Crippen molar-refractivity contribution in [2.45, 2.75) is 32.6 Å². The maximum atomic E-state index is 10.8. The highest BCUT2D eigenvalue weighted by atomic mass is 16.8. The SMILES string of the molecule is CC(C)N1CCCOC(c2ccc([NH+]([O-])O)cc2)O1. The Morgan fingerprint density at radius 2 is 2.05 bits per heavy atom. The Morgan fingerprint density at radius 1 is 1.37 bits per heavy atom. The fourth-order valence-electron chi connectivity index (χ4n) is 1.94. The number of nitrogens with one attached hydrogen (secondary N) is 1. The third kappa shape index (κ3) is 3.73. The van der Waals surface area contributed by atoms with Gasteiger partial charge in [-0.15, -0.1) is 0 Å². The Bertz CT molecular complexity index is 394. The second-order valence-corrected chi connectivity index (χ2v) is 4.82. The first-order chi connectivity index (χ1) is 9.08. The van der Waals surface area contributed by atoms with Gasteiger partial charge in [0.25, 0.3) is 0 Å². The van der Waals surface area contributed by atoms with Gasteiger partial charge in [0.15, 0.2) is 5.69 Å². The second kappa shape index (κ2) is 6.42. The topological polar surface area (TPSA) is 69.4 Å². The van der Waals surface area contributed by atoms with E-state index in [1.54, 1.807) is 24.3 Å². The molecule has 0 aromatic heterocycles. The van der Waals surface area contributed by atoms with Gasteiger partial charge in [0.2, 0.25) is 6.29 Å². The van der Waals surface area contributed by atoms with Crippen LogP contribution in [0.4, 0.5) is 5.69 Å². The Kier molecular flexibility index (Phi) is 4.87. The van der Waals surface area contributed by atoms with Crippen molar-refractivity contribution in [3.8, 4) is 0 Å². The molecule has 6 nitrogen and oxygen atoms in total. The van der Waals surface area contributed by atoms with Crippen LogP contribution < -0.4 is 5.23 Å². The molecular formula is C13H20N2O4. The van der Waals surface area contributed by atoms with Gasteiger partial charge in [-0.05, 0) is 32.4 Å². The van der Waals surface area contributed by atoms with E-state index in [2.05, 4.69) is 13.8 Å². The van der Waals surface area contributed by atoms with Gasteiger partial charge in [0.1, 0.15) is 0 Å². The fraction of sp³-hybridized carbons (Fsp3) is 0.538. The van der Waals surface area contributed by atoms with Gasteiger partial charge in [-0.1, -0.05) is 0 Å². The monoisotopic (exact) mass is 268 g/mol. The van der Waals surface area contributed by atoms with Crippen LogP contribution in [0.1, 0.15) is 32.1 Å². The molecule has 0 saturated carbocycles. The molecule has 106 valence electrons. The summed E-state index contributed by atoms with van der Waals surface area (Å²) in [6, 6.07) is 6.88. The molecule has 2 N–H and O–H groups in total. The molecule has 0 spiro atoms. The highest BCUT2D eigenvalue weighted by molar-refractivity contribution is 5.32. The van der Waals surface area contributed by atoms with Crippen molar-refractivity contribution in [2.24, 2.45) is 0 Å². The van der Waals surface area contributed by atoms with Gasteiger partial charge in [-0.2, -0.15) is 10.3 Å². The van der Waals surface area contributed by atoms with Crippen LogP contribution in [0.15, 0.2) is 24.3 Å². The van der Waals surface area contributed by atoms with E-state index in [1.807, 2.05) is 5.06 Å². The number of hydrogen-bond acceptors (Lipinski definition) is 5. The highest BCUT2D eigenvalue weighted by Gasteiger charge is 2.23. The predicted molar refractivity (Wildman–Crippen MR) is 68.5 cm³/mol. The van der Waals surface area contributed by atoms with E-state index in [1.165, 1.54) is 0 Å². The van der Waals surface area contributed by atoms with Gasteiger partial charge in [0, 0.05) is 30.3 Å². The zero-order valence-corrected chi connectivity index (χ0v) is 11.2. The molecule has 1 heterocycles. The minimum atomic E-state index is -0.932. The van der Waals surface area contributed by atoms with E-state index in [9.17, 15) is 5.21 Å². The molecule has 1 aromatic rings. The lowest BCUT2D eigenvalue weighted by Gasteiger charge is -2.27. The third-order valence-corrected chi connectivity index (χ3v) is 3.03. The second-order valence-electron chi connectivity index (χ2n) is 4.82. The minimum absolute atomic E-state index is 0.262. The van der Waals surface area contributed by atoms with Gasteiger partial charge in [-0.3, -0.25) is 4.84 Å². The van der Waals surface area contributed by atoms with Gasteiger partial charge in [-0.25, -0.2) is 5.21 Å². The zero-order valence-electron chi connectivity index (χ0n) is 11.2. The Morgan fingerprint density at radius 3 is 2.63 bits per heavy atom. The van der Waals surface area contributed by atoms with E-state index in [-0.39, 0.29) is 11.7 Å². The third-order valence-electron chi connectivity index (χ3n) is 3.03. The number of rotatable bonds is 3. The van der Waals surface area contributed by atoms with Crippen LogP contribution in [0, 0.1) is 5.21 Å². The van der Waals surface area contributed by atoms with E-state index < -0.39 is 11.5 Å². The van der Waals surface area contributed by atoms with Crippen LogP contribution in [-0.4, -0.2) is 29.5 Å². The smallest absolute Gasteiger partial charge is 0.203 e. The summed E-state index contributed by atoms with van der Waals surface area (Å²) in [7, 11) is 0. The summed E-state index contributed by atoms with van der Waals surface area (Å²) >= 11 is 0. The maximum absolute atomic E-state index is 10.8. The standard InChI is InChI=1S/C13H20N2O4/c1-10(2)14-8-3-9-18-13(19-14)11-4-6-12(7-5-11)15(16)17/h4-7,10,13,15-16H,3,8-9H2,1-2H3. The van der Waals surface area contributed by atoms with Crippen LogP contribution in [-0.2, 0) is 9.57 Å². The first-order valence-corrected chi connectivity index (χ1v) is 6.46. The molecule has 0 radical (unpaired) electrons. The summed E-state index contributed by atoms with van der Waals surface area (Å²) in [5.41, 5.74) is 1.09. The lowest BCUT2D eigenvalue weighted by atomic mass is 10.2. The number of hydrogen-bond donors (Lipinski definition) is 2. The molecule has 0 aliphatic carbocycles. The molecule has 2 atom stereocenters. The Labute approximate surface area is 112 Å². The average molecular weight is 268 g/mol. The summed E-state index contributed by atoms with van der Waals surface area (Å²) in [4.78, 5) is 5.82. The van der Waals surface area contributed by atoms with Crippen molar-refractivity contribution in [2.75, 3.05) is 13.2 Å². The van der Waals surface area contributed by atoms with E-state index in [0.717, 1.165) is 18.5 Å². The first kappa shape index (κ1) is 14.4. The summed E-state index contributed by atoms with van der Waals surface area (Å²) < 4.78 is 5.66. The number of benzene rings is 1. The lowest BCUT2D eigenvalue weighted by Crippen LogP contribution is -2.99. The predicted octanol–water partition coefficient (Wildman–Crippen LogP) is 1.15. The molecule has 1 aliphatic heterocycles. The molecule has 1 aliphatic rings. The maximum Gasteiger partial charge on any atom is 0.203 e. The molecule has 0 amide bonds. The Balaban J connectivity index is 2.10. The molecule has 1 saturated heterocycles. The highest BCUT2D eigenvalue weighted by Crippen LogP contribution is 2.25. The molecule has 1 fully saturated rings. The van der Waals surface area contributed by atoms with Crippen molar-refractivity contribution in [3.05, 3.63) is 35.0 Å². The fourth-order valence-corrected chi connectivity index (χ4v) is 1.94. The number of quaternary nitrogens is 1. The quantitative estimate of drug-likeness (QED) is 0.805. The summed E-state index contributed by atoms with van der Waals surface area (Å²) in [6.45, 7) is 5.60. The van der Waals surface area contributed by atoms with Gasteiger partial charge in [0.05, 0.1) is 6.61 Å². The lowest BCUT2D eigenvalue weighted by molar-refractivity contribution is -0.991. The van der Waals surface area contributed by atoms with Crippen molar-refractivity contribution < 1.29 is 20.0 Å². The van der Waals surface area contributed by atoms with Crippen LogP contribution >= 0.6 is 0 Å². The van der Waals surface area contributed by atoms with E-state index >= 15 is 0 Å². The largest absolute Gasteiger partial charge is 0.595 e. The van der Waals surface area contributed by atoms with Gasteiger partial charge >= 0.3 is 0 Å². The van der Waals surface area contributed by atoms with Crippen LogP contribution in [0.5, 0.6) is 0 Å². The zero-order chi connectivity index (χ0) is 13.8. The molecule has 6 heteroatoms. The summed E-state index contributed by atoms with van der Waals surface area (Å²) in [6.07, 6.45) is 0.453. The first-order valence-electron chi connectivity index (χ1n) is 6.46. The average Bonchev–Trinajstić information content (AvgIpc) is 2.64. The number of nitrogens with zero attached hydrogens (tertiary/aromatic N) is 1. The van der Waals surface area contributed by atoms with Crippen molar-refractivity contribution in [3.63, 3.8) is 0 Å². The van der Waals surface area contributed by atoms with Crippen molar-refractivity contribution >= 4 is 5.69 Å². The molecule has 2 rings (SSSR count). The molecular weight excluding hydrogens is 248 g/mol. The Hall–Kier alpha value is -1.02. The van der Waals surface area contributed by atoms with Crippen LogP contribution in [0.2, 0.25) is 0 Å². The molecule has 19 heavy (non-hydrogen) atoms. The van der Waals surface area contributed by atoms with Gasteiger partial charge < -0.3 is 9.94 Å². The normalized spacial score (nSPS) is 23.3. The van der Waals surface area contributed by atoms with Crippen LogP contribution in [0.3, 0.4) is 0 Å². The van der Waals surface area contributed by atoms with Crippen LogP contribution in [0.25, 0.3) is 0 Å². The molecule has 0 bridgehead atoms. The number of ether oxygens (including phenoxy) is 1. The van der Waals surface area contributed by atoms with E-state index in [4.69, 9.17) is 14.8 Å². The van der Waals surface area contributed by atoms with Crippen molar-refractivity contribution in [1.29, 1.82) is 0 Å². The van der Waals surface area contributed by atoms with Crippen molar-refractivity contribution in [1.82, 2.24) is 5.06 Å². The molecule has 1 aromatic carbocycles. The number of hydroxylamine groups is 2. The van der Waals surface area contributed by atoms with E-state index in [0.29, 0.717) is 6.61 Å². The summed E-state index contributed by atoms with van der Waals surface area (Å²) in [5.74, 6) is 0.